The standard InChI is InChI=1S/C14H22N2O/c1-12-13(4-3-5-14(12)17-2)6-9-16-10-7-15-8-11-16/h3-5,15H,6-11H2,1-2H3. The van der Waals surface area contributed by atoms with Gasteiger partial charge in [0.1, 0.15) is 5.75 Å². The summed E-state index contributed by atoms with van der Waals surface area (Å²) in [7, 11) is 1.74. The first-order valence-electron chi connectivity index (χ1n) is 6.37. The van der Waals surface area contributed by atoms with E-state index < -0.39 is 0 Å². The van der Waals surface area contributed by atoms with Crippen LogP contribution in [0.3, 0.4) is 0 Å². The SMILES string of the molecule is COc1cccc(CCN2CCNCC2)c1C. The predicted octanol–water partition coefficient (Wildman–Crippen LogP) is 1.45. The van der Waals surface area contributed by atoms with E-state index in [2.05, 4.69) is 29.3 Å². The molecule has 1 N–H and O–H groups in total. The Morgan fingerprint density at radius 3 is 2.76 bits per heavy atom. The highest BCUT2D eigenvalue weighted by Gasteiger charge is 2.10. The molecule has 1 aromatic rings. The Labute approximate surface area is 104 Å². The van der Waals surface area contributed by atoms with Crippen molar-refractivity contribution >= 4 is 0 Å². The maximum atomic E-state index is 5.35. The average molecular weight is 234 g/mol. The van der Waals surface area contributed by atoms with Gasteiger partial charge >= 0.3 is 0 Å². The normalized spacial score (nSPS) is 17.1. The van der Waals surface area contributed by atoms with Gasteiger partial charge in [0.15, 0.2) is 0 Å². The first kappa shape index (κ1) is 12.4. The fourth-order valence-corrected chi connectivity index (χ4v) is 2.37. The van der Waals surface area contributed by atoms with Crippen LogP contribution in [0, 0.1) is 6.92 Å². The number of hydrogen-bond acceptors (Lipinski definition) is 3. The number of methoxy groups -OCH3 is 1. The third kappa shape index (κ3) is 3.20. The Kier molecular flexibility index (Phi) is 4.40. The van der Waals surface area contributed by atoms with Crippen molar-refractivity contribution in [2.45, 2.75) is 13.3 Å². The molecule has 0 unspecified atom stereocenters. The molecule has 3 heteroatoms. The summed E-state index contributed by atoms with van der Waals surface area (Å²) in [6, 6.07) is 6.32. The molecule has 0 bridgehead atoms. The van der Waals surface area contributed by atoms with Gasteiger partial charge in [0.2, 0.25) is 0 Å². The second-order valence-electron chi connectivity index (χ2n) is 4.59. The molecule has 0 saturated carbocycles. The molecule has 94 valence electrons. The van der Waals surface area contributed by atoms with Gasteiger partial charge in [-0.2, -0.15) is 0 Å². The molecular formula is C14H22N2O. The molecule has 0 spiro atoms. The van der Waals surface area contributed by atoms with Gasteiger partial charge in [0.05, 0.1) is 7.11 Å². The van der Waals surface area contributed by atoms with Crippen LogP contribution in [0.15, 0.2) is 18.2 Å². The monoisotopic (exact) mass is 234 g/mol. The molecule has 1 aliphatic rings. The summed E-state index contributed by atoms with van der Waals surface area (Å²) in [5, 5.41) is 3.38. The Balaban J connectivity index is 1.93. The summed E-state index contributed by atoms with van der Waals surface area (Å²) in [6.45, 7) is 7.88. The number of hydrogen-bond donors (Lipinski definition) is 1. The second kappa shape index (κ2) is 6.03. The lowest BCUT2D eigenvalue weighted by Gasteiger charge is -2.27. The number of rotatable bonds is 4. The highest BCUT2D eigenvalue weighted by molar-refractivity contribution is 5.39. The number of benzene rings is 1. The molecule has 2 rings (SSSR count). The predicted molar refractivity (Wildman–Crippen MR) is 70.7 cm³/mol. The second-order valence-corrected chi connectivity index (χ2v) is 4.59. The van der Waals surface area contributed by atoms with Crippen molar-refractivity contribution in [2.75, 3.05) is 39.8 Å². The molecule has 1 heterocycles. The van der Waals surface area contributed by atoms with E-state index in [-0.39, 0.29) is 0 Å². The molecule has 0 aromatic heterocycles. The van der Waals surface area contributed by atoms with Gasteiger partial charge in [-0.25, -0.2) is 0 Å². The number of piperazine rings is 1. The summed E-state index contributed by atoms with van der Waals surface area (Å²) in [5.74, 6) is 1.00. The highest BCUT2D eigenvalue weighted by Crippen LogP contribution is 2.21. The van der Waals surface area contributed by atoms with Crippen LogP contribution in [0.5, 0.6) is 5.75 Å². The third-order valence-electron chi connectivity index (χ3n) is 3.52. The summed E-state index contributed by atoms with van der Waals surface area (Å²) in [5.41, 5.74) is 2.69. The van der Waals surface area contributed by atoms with Crippen LogP contribution in [-0.2, 0) is 6.42 Å². The van der Waals surface area contributed by atoms with Gasteiger partial charge in [0.25, 0.3) is 0 Å². The van der Waals surface area contributed by atoms with Crippen molar-refractivity contribution in [1.29, 1.82) is 0 Å². The van der Waals surface area contributed by atoms with Crippen molar-refractivity contribution in [2.24, 2.45) is 0 Å². The molecule has 1 saturated heterocycles. The van der Waals surface area contributed by atoms with Crippen LogP contribution in [0.4, 0.5) is 0 Å². The van der Waals surface area contributed by atoms with Gasteiger partial charge in [-0.05, 0) is 30.5 Å². The van der Waals surface area contributed by atoms with E-state index in [1.54, 1.807) is 7.11 Å². The first-order chi connectivity index (χ1) is 8.31. The van der Waals surface area contributed by atoms with Crippen LogP contribution in [0.2, 0.25) is 0 Å². The van der Waals surface area contributed by atoms with E-state index in [0.29, 0.717) is 0 Å². The topological polar surface area (TPSA) is 24.5 Å². The smallest absolute Gasteiger partial charge is 0.122 e. The summed E-state index contributed by atoms with van der Waals surface area (Å²) >= 11 is 0. The van der Waals surface area contributed by atoms with Gasteiger partial charge in [0, 0.05) is 32.7 Å². The quantitative estimate of drug-likeness (QED) is 0.853. The van der Waals surface area contributed by atoms with E-state index in [9.17, 15) is 0 Å². The Morgan fingerprint density at radius 1 is 1.29 bits per heavy atom. The van der Waals surface area contributed by atoms with Crippen LogP contribution in [0.1, 0.15) is 11.1 Å². The zero-order valence-corrected chi connectivity index (χ0v) is 10.8. The van der Waals surface area contributed by atoms with Crippen molar-refractivity contribution in [1.82, 2.24) is 10.2 Å². The largest absolute Gasteiger partial charge is 0.496 e. The summed E-state index contributed by atoms with van der Waals surface area (Å²) < 4.78 is 5.35. The molecule has 3 nitrogen and oxygen atoms in total. The molecule has 1 aliphatic heterocycles. The zero-order chi connectivity index (χ0) is 12.1. The highest BCUT2D eigenvalue weighted by atomic mass is 16.5. The molecule has 1 fully saturated rings. The molecule has 0 amide bonds. The van der Waals surface area contributed by atoms with E-state index in [1.165, 1.54) is 24.2 Å². The fraction of sp³-hybridized carbons (Fsp3) is 0.571. The van der Waals surface area contributed by atoms with Gasteiger partial charge < -0.3 is 15.0 Å². The number of nitrogens with one attached hydrogen (secondary N) is 1. The van der Waals surface area contributed by atoms with Crippen LogP contribution in [-0.4, -0.2) is 44.7 Å². The minimum absolute atomic E-state index is 1.00. The van der Waals surface area contributed by atoms with Gasteiger partial charge in [-0.15, -0.1) is 0 Å². The third-order valence-corrected chi connectivity index (χ3v) is 3.52. The van der Waals surface area contributed by atoms with Gasteiger partial charge in [-0.3, -0.25) is 0 Å². The maximum absolute atomic E-state index is 5.35. The Hall–Kier alpha value is -1.06. The van der Waals surface area contributed by atoms with Crippen LogP contribution >= 0.6 is 0 Å². The van der Waals surface area contributed by atoms with E-state index in [1.807, 2.05) is 6.07 Å². The first-order valence-corrected chi connectivity index (χ1v) is 6.37. The Bertz CT molecular complexity index is 359. The van der Waals surface area contributed by atoms with Crippen molar-refractivity contribution in [3.63, 3.8) is 0 Å². The number of nitrogens with zero attached hydrogens (tertiary/aromatic N) is 1. The van der Waals surface area contributed by atoms with Crippen molar-refractivity contribution in [3.8, 4) is 5.75 Å². The minimum Gasteiger partial charge on any atom is -0.496 e. The number of ether oxygens (including phenoxy) is 1. The zero-order valence-electron chi connectivity index (χ0n) is 10.8. The van der Waals surface area contributed by atoms with Crippen LogP contribution < -0.4 is 10.1 Å². The molecule has 0 aliphatic carbocycles. The maximum Gasteiger partial charge on any atom is 0.122 e. The molecule has 17 heavy (non-hydrogen) atoms. The lowest BCUT2D eigenvalue weighted by molar-refractivity contribution is 0.243. The van der Waals surface area contributed by atoms with E-state index in [0.717, 1.165) is 31.8 Å². The molecular weight excluding hydrogens is 212 g/mol. The lowest BCUT2D eigenvalue weighted by atomic mass is 10.0. The molecule has 0 atom stereocenters. The molecule has 1 aromatic carbocycles. The summed E-state index contributed by atoms with van der Waals surface area (Å²) in [6.07, 6.45) is 1.11. The Morgan fingerprint density at radius 2 is 2.06 bits per heavy atom. The summed E-state index contributed by atoms with van der Waals surface area (Å²) in [4.78, 5) is 2.52. The van der Waals surface area contributed by atoms with E-state index in [4.69, 9.17) is 4.74 Å². The minimum atomic E-state index is 1.00. The van der Waals surface area contributed by atoms with Crippen molar-refractivity contribution in [3.05, 3.63) is 29.3 Å². The molecule has 0 radical (unpaired) electrons. The van der Waals surface area contributed by atoms with Crippen LogP contribution in [0.25, 0.3) is 0 Å². The van der Waals surface area contributed by atoms with Gasteiger partial charge in [-0.1, -0.05) is 12.1 Å². The fourth-order valence-electron chi connectivity index (χ4n) is 2.37. The van der Waals surface area contributed by atoms with E-state index >= 15 is 0 Å². The van der Waals surface area contributed by atoms with Crippen molar-refractivity contribution < 1.29 is 4.74 Å². The average Bonchev–Trinajstić information content (AvgIpc) is 2.39. The lowest BCUT2D eigenvalue weighted by Crippen LogP contribution is -2.44.